The van der Waals surface area contributed by atoms with E-state index in [1.165, 1.54) is 0 Å². The largest absolute Gasteiger partial charge is 0.497 e. The van der Waals surface area contributed by atoms with Gasteiger partial charge in [-0.3, -0.25) is 4.90 Å². The van der Waals surface area contributed by atoms with Gasteiger partial charge in [-0.05, 0) is 13.0 Å². The van der Waals surface area contributed by atoms with Crippen molar-refractivity contribution in [3.63, 3.8) is 0 Å². The number of methoxy groups -OCH3 is 2. The second kappa shape index (κ2) is 7.30. The molecule has 1 aliphatic heterocycles. The van der Waals surface area contributed by atoms with E-state index in [1.807, 2.05) is 18.2 Å². The van der Waals surface area contributed by atoms with Gasteiger partial charge >= 0.3 is 0 Å². The zero-order valence-electron chi connectivity index (χ0n) is 13.4. The number of sulfonamides is 1. The molecule has 0 bridgehead atoms. The molecule has 0 aliphatic carbocycles. The van der Waals surface area contributed by atoms with Gasteiger partial charge in [0.2, 0.25) is 10.0 Å². The summed E-state index contributed by atoms with van der Waals surface area (Å²) >= 11 is 0. The molecule has 7 heteroatoms. The van der Waals surface area contributed by atoms with Crippen molar-refractivity contribution < 1.29 is 17.9 Å². The van der Waals surface area contributed by atoms with Gasteiger partial charge in [0, 0.05) is 44.4 Å². The number of ether oxygens (including phenoxy) is 2. The minimum absolute atomic E-state index is 0.166. The van der Waals surface area contributed by atoms with Crippen LogP contribution in [-0.4, -0.2) is 63.8 Å². The Kier molecular flexibility index (Phi) is 5.66. The van der Waals surface area contributed by atoms with Crippen molar-refractivity contribution in [1.29, 1.82) is 0 Å². The fraction of sp³-hybridized carbons (Fsp3) is 0.600. The minimum atomic E-state index is -3.07. The highest BCUT2D eigenvalue weighted by Gasteiger charge is 2.25. The highest BCUT2D eigenvalue weighted by atomic mass is 32.2. The van der Waals surface area contributed by atoms with E-state index in [1.54, 1.807) is 25.4 Å². The van der Waals surface area contributed by atoms with Crippen LogP contribution in [-0.2, 0) is 16.6 Å². The number of hydrogen-bond donors (Lipinski definition) is 0. The molecule has 0 N–H and O–H groups in total. The molecule has 1 saturated heterocycles. The third-order valence-corrected chi connectivity index (χ3v) is 5.86. The molecular formula is C15H24N2O4S. The maximum Gasteiger partial charge on any atom is 0.213 e. The molecule has 1 aromatic carbocycles. The summed E-state index contributed by atoms with van der Waals surface area (Å²) in [5.74, 6) is 1.72. The van der Waals surface area contributed by atoms with Gasteiger partial charge in [-0.2, -0.15) is 4.31 Å². The average Bonchev–Trinajstić information content (AvgIpc) is 2.55. The lowest BCUT2D eigenvalue weighted by atomic mass is 10.1. The van der Waals surface area contributed by atoms with Crippen LogP contribution in [0.15, 0.2) is 18.2 Å². The Hall–Kier alpha value is -1.31. The zero-order valence-corrected chi connectivity index (χ0v) is 14.2. The molecule has 1 aliphatic rings. The van der Waals surface area contributed by atoms with Crippen LogP contribution in [0, 0.1) is 0 Å². The summed E-state index contributed by atoms with van der Waals surface area (Å²) in [5, 5.41) is 0. The van der Waals surface area contributed by atoms with Crippen molar-refractivity contribution in [3.8, 4) is 11.5 Å². The lowest BCUT2D eigenvalue weighted by Gasteiger charge is -2.34. The molecule has 124 valence electrons. The maximum absolute atomic E-state index is 11.9. The molecule has 2 rings (SSSR count). The summed E-state index contributed by atoms with van der Waals surface area (Å²) in [6.45, 7) is 4.99. The molecule has 22 heavy (non-hydrogen) atoms. The van der Waals surface area contributed by atoms with Crippen LogP contribution >= 0.6 is 0 Å². The predicted octanol–water partition coefficient (Wildman–Crippen LogP) is 1.17. The molecule has 0 atom stereocenters. The first-order valence-corrected chi connectivity index (χ1v) is 9.02. The van der Waals surface area contributed by atoms with E-state index in [-0.39, 0.29) is 5.75 Å². The number of piperazine rings is 1. The lowest BCUT2D eigenvalue weighted by molar-refractivity contribution is 0.180. The fourth-order valence-electron chi connectivity index (χ4n) is 2.57. The number of nitrogens with zero attached hydrogens (tertiary/aromatic N) is 2. The summed E-state index contributed by atoms with van der Waals surface area (Å²) in [5.41, 5.74) is 1.08. The Balaban J connectivity index is 1.99. The van der Waals surface area contributed by atoms with Crippen molar-refractivity contribution in [2.75, 3.05) is 46.2 Å². The molecule has 6 nitrogen and oxygen atoms in total. The number of rotatable bonds is 6. The average molecular weight is 328 g/mol. The summed E-state index contributed by atoms with van der Waals surface area (Å²) in [6.07, 6.45) is 0. The Bertz CT molecular complexity index is 596. The molecule has 1 heterocycles. The monoisotopic (exact) mass is 328 g/mol. The molecule has 0 spiro atoms. The first-order chi connectivity index (χ1) is 10.5. The molecule has 0 unspecified atom stereocenters. The van der Waals surface area contributed by atoms with E-state index >= 15 is 0 Å². The van der Waals surface area contributed by atoms with Crippen molar-refractivity contribution >= 4 is 10.0 Å². The maximum atomic E-state index is 11.9. The van der Waals surface area contributed by atoms with Gasteiger partial charge in [-0.15, -0.1) is 0 Å². The highest BCUT2D eigenvalue weighted by Crippen LogP contribution is 2.26. The third-order valence-electron chi connectivity index (χ3n) is 3.98. The number of benzene rings is 1. The Morgan fingerprint density at radius 3 is 2.32 bits per heavy atom. The van der Waals surface area contributed by atoms with Gasteiger partial charge < -0.3 is 9.47 Å². The molecule has 0 radical (unpaired) electrons. The Morgan fingerprint density at radius 2 is 1.77 bits per heavy atom. The SMILES string of the molecule is CCS(=O)(=O)N1CCN(Cc2ccc(OC)cc2OC)CC1. The third kappa shape index (κ3) is 3.91. The van der Waals surface area contributed by atoms with Crippen molar-refractivity contribution in [2.24, 2.45) is 0 Å². The van der Waals surface area contributed by atoms with E-state index in [9.17, 15) is 8.42 Å². The van der Waals surface area contributed by atoms with Crippen molar-refractivity contribution in [2.45, 2.75) is 13.5 Å². The minimum Gasteiger partial charge on any atom is -0.497 e. The smallest absolute Gasteiger partial charge is 0.213 e. The Morgan fingerprint density at radius 1 is 1.09 bits per heavy atom. The summed E-state index contributed by atoms with van der Waals surface area (Å²) < 4.78 is 35.9. The standard InChI is InChI=1S/C15H24N2O4S/c1-4-22(18,19)17-9-7-16(8-10-17)12-13-5-6-14(20-2)11-15(13)21-3/h5-6,11H,4,7-10,12H2,1-3H3. The first kappa shape index (κ1) is 17.1. The summed E-state index contributed by atoms with van der Waals surface area (Å²) in [7, 11) is 0.196. The van der Waals surface area contributed by atoms with Gasteiger partial charge in [-0.25, -0.2) is 8.42 Å². The second-order valence-corrected chi connectivity index (χ2v) is 7.51. The normalized spacial score (nSPS) is 17.4. The molecule has 1 fully saturated rings. The molecule has 0 saturated carbocycles. The van der Waals surface area contributed by atoms with Crippen LogP contribution in [0.5, 0.6) is 11.5 Å². The van der Waals surface area contributed by atoms with Gasteiger partial charge in [0.25, 0.3) is 0 Å². The van der Waals surface area contributed by atoms with Crippen LogP contribution in [0.3, 0.4) is 0 Å². The topological polar surface area (TPSA) is 59.1 Å². The van der Waals surface area contributed by atoms with Crippen LogP contribution in [0.4, 0.5) is 0 Å². The lowest BCUT2D eigenvalue weighted by Crippen LogP contribution is -2.48. The van der Waals surface area contributed by atoms with E-state index in [0.717, 1.165) is 36.7 Å². The second-order valence-electron chi connectivity index (χ2n) is 5.25. The molecular weight excluding hydrogens is 304 g/mol. The van der Waals surface area contributed by atoms with Gasteiger partial charge in [0.15, 0.2) is 0 Å². The van der Waals surface area contributed by atoms with Crippen LogP contribution in [0.2, 0.25) is 0 Å². The zero-order chi connectivity index (χ0) is 16.2. The van der Waals surface area contributed by atoms with E-state index in [0.29, 0.717) is 13.1 Å². The van der Waals surface area contributed by atoms with Gasteiger partial charge in [0.1, 0.15) is 11.5 Å². The van der Waals surface area contributed by atoms with Crippen LogP contribution in [0.25, 0.3) is 0 Å². The molecule has 0 aromatic heterocycles. The van der Waals surface area contributed by atoms with Crippen LogP contribution in [0.1, 0.15) is 12.5 Å². The van der Waals surface area contributed by atoms with E-state index in [4.69, 9.17) is 9.47 Å². The van der Waals surface area contributed by atoms with Crippen LogP contribution < -0.4 is 9.47 Å². The number of hydrogen-bond acceptors (Lipinski definition) is 5. The predicted molar refractivity (Wildman–Crippen MR) is 85.9 cm³/mol. The molecule has 0 amide bonds. The van der Waals surface area contributed by atoms with Crippen molar-refractivity contribution in [3.05, 3.63) is 23.8 Å². The van der Waals surface area contributed by atoms with Gasteiger partial charge in [0.05, 0.1) is 20.0 Å². The summed E-state index contributed by atoms with van der Waals surface area (Å²) in [6, 6.07) is 5.77. The first-order valence-electron chi connectivity index (χ1n) is 7.41. The highest BCUT2D eigenvalue weighted by molar-refractivity contribution is 7.89. The Labute approximate surface area is 132 Å². The van der Waals surface area contributed by atoms with Gasteiger partial charge in [-0.1, -0.05) is 6.07 Å². The summed E-state index contributed by atoms with van der Waals surface area (Å²) in [4.78, 5) is 2.24. The van der Waals surface area contributed by atoms with Crippen molar-refractivity contribution in [1.82, 2.24) is 9.21 Å². The van der Waals surface area contributed by atoms with E-state index in [2.05, 4.69) is 4.90 Å². The van der Waals surface area contributed by atoms with E-state index < -0.39 is 10.0 Å². The fourth-order valence-corrected chi connectivity index (χ4v) is 3.66. The quantitative estimate of drug-likeness (QED) is 0.784. The molecule has 1 aromatic rings.